The molecule has 1 N–H and O–H groups in total. The van der Waals surface area contributed by atoms with Crippen molar-refractivity contribution in [1.29, 1.82) is 0 Å². The van der Waals surface area contributed by atoms with Crippen LogP contribution in [0, 0.1) is 6.92 Å². The number of methoxy groups -OCH3 is 2. The van der Waals surface area contributed by atoms with Crippen LogP contribution in [0.3, 0.4) is 0 Å². The van der Waals surface area contributed by atoms with Crippen LogP contribution in [0.5, 0.6) is 5.75 Å². The number of benzene rings is 2. The zero-order valence-corrected chi connectivity index (χ0v) is 12.7. The number of esters is 1. The number of carbonyl (C=O) groups excluding carboxylic acids is 2. The molecule has 0 spiro atoms. The molecule has 0 heterocycles. The van der Waals surface area contributed by atoms with E-state index >= 15 is 0 Å². The third kappa shape index (κ3) is 3.25. The molecule has 5 heteroatoms. The van der Waals surface area contributed by atoms with Crippen molar-refractivity contribution in [2.45, 2.75) is 6.92 Å². The summed E-state index contributed by atoms with van der Waals surface area (Å²) >= 11 is 0. The molecule has 0 atom stereocenters. The maximum absolute atomic E-state index is 12.3. The molecule has 0 bridgehead atoms. The van der Waals surface area contributed by atoms with E-state index in [2.05, 4.69) is 5.32 Å². The second-order valence-electron chi connectivity index (χ2n) is 4.68. The Hall–Kier alpha value is -2.82. The molecule has 0 aliphatic heterocycles. The van der Waals surface area contributed by atoms with Crippen molar-refractivity contribution in [1.82, 2.24) is 0 Å². The van der Waals surface area contributed by atoms with Crippen molar-refractivity contribution in [2.75, 3.05) is 19.5 Å². The molecule has 114 valence electrons. The topological polar surface area (TPSA) is 64.6 Å². The van der Waals surface area contributed by atoms with Crippen molar-refractivity contribution < 1.29 is 19.1 Å². The van der Waals surface area contributed by atoms with Crippen LogP contribution in [0.2, 0.25) is 0 Å². The van der Waals surface area contributed by atoms with Crippen molar-refractivity contribution in [3.63, 3.8) is 0 Å². The van der Waals surface area contributed by atoms with E-state index in [1.54, 1.807) is 49.6 Å². The number of aryl methyl sites for hydroxylation is 1. The van der Waals surface area contributed by atoms with Gasteiger partial charge in [-0.3, -0.25) is 4.79 Å². The van der Waals surface area contributed by atoms with Crippen molar-refractivity contribution in [3.05, 3.63) is 59.2 Å². The minimum Gasteiger partial charge on any atom is -0.496 e. The standard InChI is InChI=1S/C17H17NO4/c1-11-10-12(8-9-15(11)21-2)16(19)18-14-7-5-4-6-13(14)17(20)22-3/h4-10H,1-3H3,(H,18,19). The first-order valence-corrected chi connectivity index (χ1v) is 6.70. The van der Waals surface area contributed by atoms with Crippen molar-refractivity contribution >= 4 is 17.6 Å². The highest BCUT2D eigenvalue weighted by Gasteiger charge is 2.14. The summed E-state index contributed by atoms with van der Waals surface area (Å²) in [5, 5.41) is 2.73. The molecule has 0 saturated carbocycles. The Kier molecular flexibility index (Phi) is 4.78. The van der Waals surface area contributed by atoms with Crippen LogP contribution in [0.4, 0.5) is 5.69 Å². The Bertz CT molecular complexity index is 710. The Labute approximate surface area is 128 Å². The fraction of sp³-hybridized carbons (Fsp3) is 0.176. The lowest BCUT2D eigenvalue weighted by Gasteiger charge is -2.11. The van der Waals surface area contributed by atoms with Gasteiger partial charge in [0, 0.05) is 5.56 Å². The number of para-hydroxylation sites is 1. The Morgan fingerprint density at radius 3 is 2.41 bits per heavy atom. The van der Waals surface area contributed by atoms with E-state index in [9.17, 15) is 9.59 Å². The first-order valence-electron chi connectivity index (χ1n) is 6.70. The third-order valence-electron chi connectivity index (χ3n) is 3.24. The highest BCUT2D eigenvalue weighted by Crippen LogP contribution is 2.21. The Balaban J connectivity index is 2.26. The molecule has 2 aromatic rings. The van der Waals surface area contributed by atoms with Gasteiger partial charge in [-0.25, -0.2) is 4.79 Å². The number of ether oxygens (including phenoxy) is 2. The molecule has 0 fully saturated rings. The molecule has 0 aliphatic rings. The number of nitrogens with one attached hydrogen (secondary N) is 1. The van der Waals surface area contributed by atoms with Crippen LogP contribution in [0.1, 0.15) is 26.3 Å². The molecule has 5 nitrogen and oxygen atoms in total. The van der Waals surface area contributed by atoms with E-state index < -0.39 is 5.97 Å². The maximum atomic E-state index is 12.3. The SMILES string of the molecule is COC(=O)c1ccccc1NC(=O)c1ccc(OC)c(C)c1. The van der Waals surface area contributed by atoms with Crippen LogP contribution in [0.15, 0.2) is 42.5 Å². The molecule has 0 radical (unpaired) electrons. The first-order chi connectivity index (χ1) is 10.6. The molecular formula is C17H17NO4. The molecule has 2 rings (SSSR count). The van der Waals surface area contributed by atoms with E-state index in [-0.39, 0.29) is 5.91 Å². The van der Waals surface area contributed by atoms with Gasteiger partial charge in [0.1, 0.15) is 5.75 Å². The van der Waals surface area contributed by atoms with Gasteiger partial charge in [-0.2, -0.15) is 0 Å². The molecule has 0 unspecified atom stereocenters. The normalized spacial score (nSPS) is 9.95. The Morgan fingerprint density at radius 1 is 1.05 bits per heavy atom. The predicted octanol–water partition coefficient (Wildman–Crippen LogP) is 3.04. The summed E-state index contributed by atoms with van der Waals surface area (Å²) in [5.41, 5.74) is 2.06. The monoisotopic (exact) mass is 299 g/mol. The summed E-state index contributed by atoms with van der Waals surface area (Å²) in [6.07, 6.45) is 0. The van der Waals surface area contributed by atoms with Gasteiger partial charge < -0.3 is 14.8 Å². The van der Waals surface area contributed by atoms with Gasteiger partial charge in [-0.1, -0.05) is 12.1 Å². The fourth-order valence-corrected chi connectivity index (χ4v) is 2.09. The maximum Gasteiger partial charge on any atom is 0.339 e. The van der Waals surface area contributed by atoms with Crippen LogP contribution >= 0.6 is 0 Å². The minimum absolute atomic E-state index is 0.304. The first kappa shape index (κ1) is 15.6. The van der Waals surface area contributed by atoms with Crippen LogP contribution in [-0.2, 0) is 4.74 Å². The largest absolute Gasteiger partial charge is 0.496 e. The summed E-state index contributed by atoms with van der Waals surface area (Å²) in [6, 6.07) is 11.8. The number of hydrogen-bond acceptors (Lipinski definition) is 4. The van der Waals surface area contributed by atoms with E-state index in [0.717, 1.165) is 5.56 Å². The lowest BCUT2D eigenvalue weighted by Crippen LogP contribution is -2.15. The number of anilines is 1. The second kappa shape index (κ2) is 6.76. The smallest absolute Gasteiger partial charge is 0.339 e. The van der Waals surface area contributed by atoms with Gasteiger partial charge in [-0.05, 0) is 42.8 Å². The lowest BCUT2D eigenvalue weighted by atomic mass is 10.1. The summed E-state index contributed by atoms with van der Waals surface area (Å²) < 4.78 is 9.88. The summed E-state index contributed by atoms with van der Waals surface area (Å²) in [5.74, 6) is -0.0876. The molecular weight excluding hydrogens is 282 g/mol. The molecule has 1 amide bonds. The zero-order chi connectivity index (χ0) is 16.1. The van der Waals surface area contributed by atoms with Crippen molar-refractivity contribution in [3.8, 4) is 5.75 Å². The molecule has 0 aliphatic carbocycles. The van der Waals surface area contributed by atoms with Gasteiger partial charge >= 0.3 is 5.97 Å². The number of amides is 1. The Morgan fingerprint density at radius 2 is 1.77 bits per heavy atom. The van der Waals surface area contributed by atoms with E-state index in [1.165, 1.54) is 7.11 Å². The zero-order valence-electron chi connectivity index (χ0n) is 12.7. The van der Waals surface area contributed by atoms with Crippen molar-refractivity contribution in [2.24, 2.45) is 0 Å². The number of carbonyl (C=O) groups is 2. The van der Waals surface area contributed by atoms with Crippen LogP contribution < -0.4 is 10.1 Å². The molecule has 2 aromatic carbocycles. The minimum atomic E-state index is -0.498. The van der Waals surface area contributed by atoms with E-state index in [1.807, 2.05) is 6.92 Å². The molecule has 0 saturated heterocycles. The van der Waals surface area contributed by atoms with Gasteiger partial charge in [0.15, 0.2) is 0 Å². The highest BCUT2D eigenvalue weighted by molar-refractivity contribution is 6.08. The highest BCUT2D eigenvalue weighted by atomic mass is 16.5. The number of hydrogen-bond donors (Lipinski definition) is 1. The average Bonchev–Trinajstić information content (AvgIpc) is 2.54. The quantitative estimate of drug-likeness (QED) is 0.881. The summed E-state index contributed by atoms with van der Waals surface area (Å²) in [4.78, 5) is 24.0. The van der Waals surface area contributed by atoms with Gasteiger partial charge in [0.2, 0.25) is 0 Å². The van der Waals surface area contributed by atoms with Gasteiger partial charge in [-0.15, -0.1) is 0 Å². The third-order valence-corrected chi connectivity index (χ3v) is 3.24. The van der Waals surface area contributed by atoms with E-state index in [0.29, 0.717) is 22.6 Å². The van der Waals surface area contributed by atoms with Gasteiger partial charge in [0.05, 0.1) is 25.5 Å². The lowest BCUT2D eigenvalue weighted by molar-refractivity contribution is 0.0602. The number of rotatable bonds is 4. The van der Waals surface area contributed by atoms with Crippen LogP contribution in [-0.4, -0.2) is 26.1 Å². The average molecular weight is 299 g/mol. The fourth-order valence-electron chi connectivity index (χ4n) is 2.09. The molecule has 22 heavy (non-hydrogen) atoms. The van der Waals surface area contributed by atoms with Gasteiger partial charge in [0.25, 0.3) is 5.91 Å². The summed E-state index contributed by atoms with van der Waals surface area (Å²) in [7, 11) is 2.88. The van der Waals surface area contributed by atoms with E-state index in [4.69, 9.17) is 9.47 Å². The predicted molar refractivity (Wildman–Crippen MR) is 83.5 cm³/mol. The molecule has 0 aromatic heterocycles. The second-order valence-corrected chi connectivity index (χ2v) is 4.68. The van der Waals surface area contributed by atoms with Crippen LogP contribution in [0.25, 0.3) is 0 Å². The summed E-state index contributed by atoms with van der Waals surface area (Å²) in [6.45, 7) is 1.86.